The summed E-state index contributed by atoms with van der Waals surface area (Å²) in [6.45, 7) is -0.439. The van der Waals surface area contributed by atoms with Gasteiger partial charge in [-0.3, -0.25) is 14.4 Å². The topological polar surface area (TPSA) is 97.0 Å². The van der Waals surface area contributed by atoms with Crippen molar-refractivity contribution >= 4 is 23.4 Å². The average Bonchev–Trinajstić information content (AvgIpc) is 3.10. The second-order valence-electron chi connectivity index (χ2n) is 9.83. The molecule has 0 saturated heterocycles. The van der Waals surface area contributed by atoms with Crippen LogP contribution in [0.15, 0.2) is 78.9 Å². The van der Waals surface area contributed by atoms with Crippen molar-refractivity contribution in [3.8, 4) is 11.1 Å². The van der Waals surface area contributed by atoms with Crippen molar-refractivity contribution in [3.63, 3.8) is 0 Å². The summed E-state index contributed by atoms with van der Waals surface area (Å²) in [4.78, 5) is 41.5. The average molecular weight is 620 g/mol. The van der Waals surface area contributed by atoms with Gasteiger partial charge in [-0.2, -0.15) is 22.0 Å². The quantitative estimate of drug-likeness (QED) is 0.173. The molecule has 0 saturated carbocycles. The van der Waals surface area contributed by atoms with Crippen LogP contribution in [-0.4, -0.2) is 62.2 Å². The number of ether oxygens (including phenoxy) is 2. The van der Waals surface area contributed by atoms with Crippen molar-refractivity contribution in [1.29, 1.82) is 0 Å². The van der Waals surface area contributed by atoms with Gasteiger partial charge in [0.15, 0.2) is 0 Å². The van der Waals surface area contributed by atoms with E-state index < -0.39 is 48.5 Å². The van der Waals surface area contributed by atoms with Crippen LogP contribution >= 0.6 is 0 Å². The first-order valence-corrected chi connectivity index (χ1v) is 13.7. The number of hydrogen-bond donors (Lipinski definition) is 2. The molecule has 0 aromatic heterocycles. The third-order valence-electron chi connectivity index (χ3n) is 6.84. The van der Waals surface area contributed by atoms with E-state index in [1.54, 1.807) is 48.5 Å². The van der Waals surface area contributed by atoms with Crippen LogP contribution in [0, 0.1) is 0 Å². The molecule has 3 aromatic carbocycles. The van der Waals surface area contributed by atoms with Crippen molar-refractivity contribution < 1.29 is 45.8 Å². The van der Waals surface area contributed by atoms with Crippen molar-refractivity contribution in [2.45, 2.75) is 37.8 Å². The SMILES string of the molecule is CCOC(C(=O)NCC(F)(F)C(F)(F)F)C(=O)N[C@@H]1C(=O)N(CCOCc2ccccc2)c2ccccc2-c2ccccc21. The molecule has 2 N–H and O–H groups in total. The molecule has 0 aliphatic carbocycles. The number of nitrogens with one attached hydrogen (secondary N) is 2. The third-order valence-corrected chi connectivity index (χ3v) is 6.84. The monoisotopic (exact) mass is 619 g/mol. The number of carbonyl (C=O) groups is 3. The second kappa shape index (κ2) is 14.0. The van der Waals surface area contributed by atoms with Gasteiger partial charge in [0.05, 0.1) is 25.4 Å². The van der Waals surface area contributed by atoms with E-state index in [4.69, 9.17) is 9.47 Å². The maximum absolute atomic E-state index is 14.1. The standard InChI is InChI=1S/C31H30F5N3O5/c1-2-44-26(27(40)37-19-30(32,33)31(34,35)36)28(41)38-25-23-14-7-6-12-21(23)22-13-8-9-15-24(22)39(29(25)42)16-17-43-18-20-10-4-3-5-11-20/h3-15,25-26H,2,16-19H2,1H3,(H,37,40)(H,38,41)/t25-,26?/m0/s1. The Hall–Kier alpha value is -4.36. The van der Waals surface area contributed by atoms with E-state index in [1.165, 1.54) is 17.1 Å². The lowest BCUT2D eigenvalue weighted by Crippen LogP contribution is -2.54. The fourth-order valence-corrected chi connectivity index (χ4v) is 4.67. The molecule has 13 heteroatoms. The highest BCUT2D eigenvalue weighted by Crippen LogP contribution is 2.40. The predicted molar refractivity (Wildman–Crippen MR) is 151 cm³/mol. The van der Waals surface area contributed by atoms with Crippen molar-refractivity contribution in [3.05, 3.63) is 90.0 Å². The van der Waals surface area contributed by atoms with E-state index in [2.05, 4.69) is 5.32 Å². The van der Waals surface area contributed by atoms with Crippen LogP contribution in [0.2, 0.25) is 0 Å². The van der Waals surface area contributed by atoms with E-state index in [-0.39, 0.29) is 19.8 Å². The van der Waals surface area contributed by atoms with Crippen molar-refractivity contribution in [1.82, 2.24) is 10.6 Å². The smallest absolute Gasteiger partial charge is 0.375 e. The van der Waals surface area contributed by atoms with Crippen LogP contribution in [0.4, 0.5) is 27.6 Å². The van der Waals surface area contributed by atoms with Crippen LogP contribution in [-0.2, 0) is 30.5 Å². The Morgan fingerprint density at radius 1 is 0.886 bits per heavy atom. The van der Waals surface area contributed by atoms with Crippen LogP contribution < -0.4 is 15.5 Å². The molecule has 1 aliphatic rings. The van der Waals surface area contributed by atoms with Gasteiger partial charge in [-0.25, -0.2) is 0 Å². The summed E-state index contributed by atoms with van der Waals surface area (Å²) in [6, 6.07) is 21.9. The zero-order chi connectivity index (χ0) is 31.9. The van der Waals surface area contributed by atoms with E-state index >= 15 is 0 Å². The number of fused-ring (bicyclic) bond motifs is 3. The molecule has 4 rings (SSSR count). The number of benzene rings is 3. The first-order chi connectivity index (χ1) is 20.9. The number of halogens is 5. The Kier molecular flexibility index (Phi) is 10.3. The number of para-hydroxylation sites is 1. The van der Waals surface area contributed by atoms with Gasteiger partial charge in [0, 0.05) is 18.7 Å². The molecule has 0 bridgehead atoms. The van der Waals surface area contributed by atoms with Gasteiger partial charge in [-0.15, -0.1) is 0 Å². The minimum Gasteiger partial charge on any atom is -0.375 e. The maximum atomic E-state index is 14.1. The Balaban J connectivity index is 1.58. The number of nitrogens with zero attached hydrogens (tertiary/aromatic N) is 1. The minimum atomic E-state index is -5.91. The lowest BCUT2D eigenvalue weighted by atomic mass is 9.95. The molecule has 234 valence electrons. The number of anilines is 1. The minimum absolute atomic E-state index is 0.0882. The summed E-state index contributed by atoms with van der Waals surface area (Å²) in [5.41, 5.74) is 3.14. The lowest BCUT2D eigenvalue weighted by Gasteiger charge is -2.28. The highest BCUT2D eigenvalue weighted by atomic mass is 19.4. The van der Waals surface area contributed by atoms with E-state index in [1.807, 2.05) is 30.3 Å². The molecule has 1 unspecified atom stereocenters. The van der Waals surface area contributed by atoms with E-state index in [0.717, 1.165) is 5.56 Å². The fourth-order valence-electron chi connectivity index (χ4n) is 4.67. The van der Waals surface area contributed by atoms with E-state index in [0.29, 0.717) is 29.0 Å². The molecular formula is C31H30F5N3O5. The number of carbonyl (C=O) groups excluding carboxylic acids is 3. The molecule has 0 fully saturated rings. The van der Waals surface area contributed by atoms with Gasteiger partial charge in [-0.1, -0.05) is 72.8 Å². The zero-order valence-corrected chi connectivity index (χ0v) is 23.6. The van der Waals surface area contributed by atoms with Gasteiger partial charge in [-0.05, 0) is 29.7 Å². The van der Waals surface area contributed by atoms with Gasteiger partial charge in [0.2, 0.25) is 6.10 Å². The molecule has 1 heterocycles. The predicted octanol–water partition coefficient (Wildman–Crippen LogP) is 4.79. The van der Waals surface area contributed by atoms with Gasteiger partial charge < -0.3 is 25.0 Å². The largest absolute Gasteiger partial charge is 0.455 e. The number of alkyl halides is 5. The van der Waals surface area contributed by atoms with Crippen LogP contribution in [0.5, 0.6) is 0 Å². The maximum Gasteiger partial charge on any atom is 0.455 e. The summed E-state index contributed by atoms with van der Waals surface area (Å²) in [5.74, 6) is -8.53. The normalized spacial score (nSPS) is 15.5. The summed E-state index contributed by atoms with van der Waals surface area (Å²) >= 11 is 0. The summed E-state index contributed by atoms with van der Waals surface area (Å²) in [7, 11) is 0. The molecule has 44 heavy (non-hydrogen) atoms. The van der Waals surface area contributed by atoms with Crippen LogP contribution in [0.3, 0.4) is 0 Å². The fraction of sp³-hybridized carbons (Fsp3) is 0.323. The molecule has 2 atom stereocenters. The summed E-state index contributed by atoms with van der Waals surface area (Å²) < 4.78 is 75.6. The van der Waals surface area contributed by atoms with Crippen molar-refractivity contribution in [2.75, 3.05) is 31.2 Å². The van der Waals surface area contributed by atoms with E-state index in [9.17, 15) is 36.3 Å². The molecule has 0 radical (unpaired) electrons. The van der Waals surface area contributed by atoms with Crippen LogP contribution in [0.25, 0.3) is 11.1 Å². The highest BCUT2D eigenvalue weighted by molar-refractivity contribution is 6.09. The second-order valence-corrected chi connectivity index (χ2v) is 9.83. The van der Waals surface area contributed by atoms with Gasteiger partial charge >= 0.3 is 12.1 Å². The lowest BCUT2D eigenvalue weighted by molar-refractivity contribution is -0.278. The van der Waals surface area contributed by atoms with Crippen LogP contribution in [0.1, 0.15) is 24.1 Å². The summed E-state index contributed by atoms with van der Waals surface area (Å²) in [5, 5.41) is 3.91. The number of amides is 3. The Labute approximate surface area is 250 Å². The zero-order valence-electron chi connectivity index (χ0n) is 23.6. The summed E-state index contributed by atoms with van der Waals surface area (Å²) in [6.07, 6.45) is -8.03. The molecule has 3 amide bonds. The third kappa shape index (κ3) is 7.40. The molecule has 8 nitrogen and oxygen atoms in total. The first-order valence-electron chi connectivity index (χ1n) is 13.7. The molecular weight excluding hydrogens is 589 g/mol. The highest BCUT2D eigenvalue weighted by Gasteiger charge is 2.57. The number of hydrogen-bond acceptors (Lipinski definition) is 5. The Morgan fingerprint density at radius 2 is 1.52 bits per heavy atom. The van der Waals surface area contributed by atoms with Gasteiger partial charge in [0.1, 0.15) is 6.04 Å². The molecule has 0 spiro atoms. The Morgan fingerprint density at radius 3 is 2.20 bits per heavy atom. The van der Waals surface area contributed by atoms with Crippen molar-refractivity contribution in [2.24, 2.45) is 0 Å². The molecule has 3 aromatic rings. The molecule has 1 aliphatic heterocycles. The van der Waals surface area contributed by atoms with Gasteiger partial charge in [0.25, 0.3) is 17.7 Å². The first kappa shape index (κ1) is 32.6. The number of rotatable bonds is 12. The Bertz CT molecular complexity index is 1470.